The van der Waals surface area contributed by atoms with Crippen LogP contribution in [0, 0.1) is 11.2 Å². The summed E-state index contributed by atoms with van der Waals surface area (Å²) in [5, 5.41) is 14.3. The lowest BCUT2D eigenvalue weighted by Crippen LogP contribution is -2.51. The normalized spacial score (nSPS) is 17.7. The molecule has 5 nitrogen and oxygen atoms in total. The highest BCUT2D eigenvalue weighted by Gasteiger charge is 2.48. The molecule has 7 heteroatoms. The van der Waals surface area contributed by atoms with E-state index in [1.165, 1.54) is 12.1 Å². The topological polar surface area (TPSA) is 87.7 Å². The molecule has 0 radical (unpaired) electrons. The highest BCUT2D eigenvalue weighted by molar-refractivity contribution is 9.10. The second-order valence-corrected chi connectivity index (χ2v) is 5.36. The Balaban J connectivity index is 2.18. The van der Waals surface area contributed by atoms with Crippen molar-refractivity contribution in [3.63, 3.8) is 0 Å². The summed E-state index contributed by atoms with van der Waals surface area (Å²) in [4.78, 5) is 12.2. The predicted octanol–water partition coefficient (Wildman–Crippen LogP) is 2.44. The van der Waals surface area contributed by atoms with Crippen LogP contribution in [0.4, 0.5) is 10.1 Å². The van der Waals surface area contributed by atoms with E-state index in [2.05, 4.69) is 26.4 Å². The molecule has 1 fully saturated rings. The van der Waals surface area contributed by atoms with Crippen LogP contribution in [0.3, 0.4) is 0 Å². The van der Waals surface area contributed by atoms with E-state index < -0.39 is 11.2 Å². The summed E-state index contributed by atoms with van der Waals surface area (Å²) >= 11 is 3.03. The first kappa shape index (κ1) is 13.8. The van der Waals surface area contributed by atoms with E-state index in [9.17, 15) is 9.18 Å². The van der Waals surface area contributed by atoms with Crippen LogP contribution >= 0.6 is 15.9 Å². The number of hydrogen-bond acceptors (Lipinski definition) is 3. The number of nitrogens with two attached hydrogens (primary N) is 1. The number of nitrogens with one attached hydrogen (secondary N) is 1. The summed E-state index contributed by atoms with van der Waals surface area (Å²) in [7, 11) is 0. The Labute approximate surface area is 117 Å². The molecule has 0 atom stereocenters. The average molecular weight is 330 g/mol. The molecule has 1 saturated carbocycles. The van der Waals surface area contributed by atoms with Gasteiger partial charge in [-0.3, -0.25) is 4.79 Å². The molecule has 1 aliphatic rings. The van der Waals surface area contributed by atoms with Crippen molar-refractivity contribution < 1.29 is 14.4 Å². The lowest BCUT2D eigenvalue weighted by molar-refractivity contribution is -0.125. The molecule has 19 heavy (non-hydrogen) atoms. The molecule has 1 aromatic carbocycles. The highest BCUT2D eigenvalue weighted by Crippen LogP contribution is 2.42. The van der Waals surface area contributed by atoms with Gasteiger partial charge in [0.1, 0.15) is 11.2 Å². The lowest BCUT2D eigenvalue weighted by Gasteiger charge is -2.38. The number of carbonyl (C=O) groups is 1. The van der Waals surface area contributed by atoms with E-state index in [0.29, 0.717) is 23.0 Å². The maximum Gasteiger partial charge on any atom is 0.238 e. The molecule has 0 heterocycles. The van der Waals surface area contributed by atoms with Crippen molar-refractivity contribution in [3.8, 4) is 0 Å². The largest absolute Gasteiger partial charge is 0.409 e. The molecular formula is C12H13BrFN3O2. The number of nitrogens with zero attached hydrogens (tertiary/aromatic N) is 1. The number of amides is 1. The number of benzene rings is 1. The van der Waals surface area contributed by atoms with Gasteiger partial charge in [-0.2, -0.15) is 0 Å². The van der Waals surface area contributed by atoms with Gasteiger partial charge < -0.3 is 16.3 Å². The van der Waals surface area contributed by atoms with Crippen LogP contribution in [0.5, 0.6) is 0 Å². The molecule has 1 aromatic rings. The van der Waals surface area contributed by atoms with Crippen molar-refractivity contribution in [2.75, 3.05) is 5.32 Å². The summed E-state index contributed by atoms with van der Waals surface area (Å²) in [5.74, 6) is -0.950. The number of carbonyl (C=O) groups excluding carboxylic acids is 1. The van der Waals surface area contributed by atoms with E-state index in [1.807, 2.05) is 0 Å². The third-order valence-electron chi connectivity index (χ3n) is 3.42. The van der Waals surface area contributed by atoms with Crippen molar-refractivity contribution in [1.29, 1.82) is 0 Å². The number of halogens is 2. The molecule has 0 saturated heterocycles. The first-order valence-corrected chi connectivity index (χ1v) is 6.53. The third-order valence-corrected chi connectivity index (χ3v) is 4.06. The molecule has 2 rings (SSSR count). The number of amidine groups is 1. The van der Waals surface area contributed by atoms with Crippen LogP contribution in [0.25, 0.3) is 0 Å². The van der Waals surface area contributed by atoms with Crippen LogP contribution in [-0.4, -0.2) is 17.0 Å². The molecule has 102 valence electrons. The fourth-order valence-corrected chi connectivity index (χ4v) is 2.30. The number of anilines is 1. The van der Waals surface area contributed by atoms with Crippen molar-refractivity contribution in [1.82, 2.24) is 0 Å². The first-order chi connectivity index (χ1) is 8.99. The summed E-state index contributed by atoms with van der Waals surface area (Å²) in [6.07, 6.45) is 1.87. The van der Waals surface area contributed by atoms with Gasteiger partial charge in [0.25, 0.3) is 0 Å². The van der Waals surface area contributed by atoms with Crippen LogP contribution in [0.15, 0.2) is 27.8 Å². The van der Waals surface area contributed by atoms with Crippen molar-refractivity contribution in [2.45, 2.75) is 19.3 Å². The molecule has 0 bridgehead atoms. The maximum absolute atomic E-state index is 13.4. The Morgan fingerprint density at radius 2 is 2.21 bits per heavy atom. The number of hydrogen-bond donors (Lipinski definition) is 3. The minimum atomic E-state index is -0.974. The van der Waals surface area contributed by atoms with Gasteiger partial charge in [0.05, 0.1) is 4.47 Å². The van der Waals surface area contributed by atoms with Crippen LogP contribution < -0.4 is 11.1 Å². The Morgan fingerprint density at radius 3 is 2.68 bits per heavy atom. The summed E-state index contributed by atoms with van der Waals surface area (Å²) in [5.41, 5.74) is 4.94. The monoisotopic (exact) mass is 329 g/mol. The van der Waals surface area contributed by atoms with E-state index in [4.69, 9.17) is 10.9 Å². The van der Waals surface area contributed by atoms with E-state index in [1.54, 1.807) is 6.07 Å². The fraction of sp³-hybridized carbons (Fsp3) is 0.333. The van der Waals surface area contributed by atoms with Gasteiger partial charge in [0.2, 0.25) is 5.91 Å². The van der Waals surface area contributed by atoms with Crippen molar-refractivity contribution in [2.24, 2.45) is 16.3 Å². The Morgan fingerprint density at radius 1 is 1.53 bits per heavy atom. The smallest absolute Gasteiger partial charge is 0.238 e. The fourth-order valence-electron chi connectivity index (χ4n) is 2.05. The van der Waals surface area contributed by atoms with Crippen molar-refractivity contribution >= 4 is 33.4 Å². The van der Waals surface area contributed by atoms with Crippen LogP contribution in [0.2, 0.25) is 0 Å². The average Bonchev–Trinajstić information content (AvgIpc) is 2.32. The zero-order valence-electron chi connectivity index (χ0n) is 9.99. The zero-order valence-corrected chi connectivity index (χ0v) is 11.6. The zero-order chi connectivity index (χ0) is 14.0. The minimum absolute atomic E-state index is 0.103. The van der Waals surface area contributed by atoms with Gasteiger partial charge in [-0.15, -0.1) is 0 Å². The third kappa shape index (κ3) is 2.42. The van der Waals surface area contributed by atoms with Gasteiger partial charge in [0.15, 0.2) is 5.84 Å². The quantitative estimate of drug-likeness (QED) is 0.344. The molecule has 4 N–H and O–H groups in total. The summed E-state index contributed by atoms with van der Waals surface area (Å²) < 4.78 is 13.7. The number of rotatable bonds is 3. The molecule has 0 spiro atoms. The van der Waals surface area contributed by atoms with Crippen molar-refractivity contribution in [3.05, 3.63) is 28.5 Å². The second-order valence-electron chi connectivity index (χ2n) is 4.50. The standard InChI is InChI=1S/C12H13BrFN3O2/c13-8-3-2-7(6-9(8)14)16-11(18)12(4-1-5-12)10(15)17-19/h2-3,6,19H,1,4-5H2,(H2,15,17)(H,16,18). The molecule has 0 aromatic heterocycles. The Kier molecular flexibility index (Phi) is 3.75. The first-order valence-electron chi connectivity index (χ1n) is 5.74. The minimum Gasteiger partial charge on any atom is -0.409 e. The van der Waals surface area contributed by atoms with Gasteiger partial charge in [-0.1, -0.05) is 11.6 Å². The van der Waals surface area contributed by atoms with Gasteiger partial charge in [0, 0.05) is 5.69 Å². The molecule has 1 amide bonds. The number of oxime groups is 1. The van der Waals surface area contributed by atoms with Crippen LogP contribution in [0.1, 0.15) is 19.3 Å². The summed E-state index contributed by atoms with van der Waals surface area (Å²) in [6.45, 7) is 0. The Bertz CT molecular complexity index is 544. The van der Waals surface area contributed by atoms with Gasteiger partial charge in [-0.25, -0.2) is 4.39 Å². The van der Waals surface area contributed by atoms with Gasteiger partial charge >= 0.3 is 0 Å². The molecule has 0 aliphatic heterocycles. The highest BCUT2D eigenvalue weighted by atomic mass is 79.9. The van der Waals surface area contributed by atoms with Gasteiger partial charge in [-0.05, 0) is 47.0 Å². The van der Waals surface area contributed by atoms with E-state index >= 15 is 0 Å². The predicted molar refractivity (Wildman–Crippen MR) is 72.4 cm³/mol. The Hall–Kier alpha value is -1.63. The maximum atomic E-state index is 13.4. The van der Waals surface area contributed by atoms with E-state index in [-0.39, 0.29) is 11.7 Å². The molecule has 0 unspecified atom stereocenters. The second kappa shape index (κ2) is 5.16. The molecule has 1 aliphatic carbocycles. The SMILES string of the molecule is N/C(=N/O)C1(C(=O)Nc2ccc(Br)c(F)c2)CCC1. The lowest BCUT2D eigenvalue weighted by atomic mass is 9.67. The summed E-state index contributed by atoms with van der Waals surface area (Å²) in [6, 6.07) is 4.28. The van der Waals surface area contributed by atoms with E-state index in [0.717, 1.165) is 6.42 Å². The molecular weight excluding hydrogens is 317 g/mol. The van der Waals surface area contributed by atoms with Crippen LogP contribution in [-0.2, 0) is 4.79 Å².